The molecular weight excluding hydrogens is 176 g/mol. The Morgan fingerprint density at radius 2 is 2.43 bits per heavy atom. The third-order valence-electron chi connectivity index (χ3n) is 2.43. The molecule has 0 N–H and O–H groups in total. The van der Waals surface area contributed by atoms with Gasteiger partial charge in [0, 0.05) is 0 Å². The second-order valence-electron chi connectivity index (χ2n) is 4.09. The summed E-state index contributed by atoms with van der Waals surface area (Å²) in [5.74, 6) is -0.00481. The Morgan fingerprint density at radius 3 is 2.93 bits per heavy atom. The molecule has 1 aliphatic rings. The SMILES string of the molecule is C=C(C)COC(=O)C1CC=C(C)CC1. The summed E-state index contributed by atoms with van der Waals surface area (Å²) in [5.41, 5.74) is 2.27. The number of esters is 1. The maximum Gasteiger partial charge on any atom is 0.309 e. The molecule has 0 aliphatic heterocycles. The second kappa shape index (κ2) is 4.99. The molecule has 0 saturated carbocycles. The number of carbonyl (C=O) groups is 1. The number of ether oxygens (including phenoxy) is 1. The highest BCUT2D eigenvalue weighted by atomic mass is 16.5. The molecule has 0 spiro atoms. The molecule has 0 heterocycles. The van der Waals surface area contributed by atoms with Gasteiger partial charge >= 0.3 is 5.97 Å². The summed E-state index contributed by atoms with van der Waals surface area (Å²) in [7, 11) is 0. The van der Waals surface area contributed by atoms with Crippen LogP contribution in [0.2, 0.25) is 0 Å². The molecule has 0 radical (unpaired) electrons. The molecule has 1 unspecified atom stereocenters. The van der Waals surface area contributed by atoms with Crippen molar-refractivity contribution in [1.82, 2.24) is 0 Å². The number of carbonyl (C=O) groups excluding carboxylic acids is 1. The predicted octanol–water partition coefficient (Wildman–Crippen LogP) is 2.85. The minimum Gasteiger partial charge on any atom is -0.461 e. The number of hydrogen-bond donors (Lipinski definition) is 0. The smallest absolute Gasteiger partial charge is 0.309 e. The number of rotatable bonds is 3. The molecule has 78 valence electrons. The largest absolute Gasteiger partial charge is 0.461 e. The van der Waals surface area contributed by atoms with Crippen LogP contribution < -0.4 is 0 Å². The maximum atomic E-state index is 11.5. The van der Waals surface area contributed by atoms with Crippen LogP contribution in [-0.2, 0) is 9.53 Å². The molecule has 0 bridgehead atoms. The predicted molar refractivity (Wildman–Crippen MR) is 56.9 cm³/mol. The van der Waals surface area contributed by atoms with Gasteiger partial charge in [-0.2, -0.15) is 0 Å². The highest BCUT2D eigenvalue weighted by Gasteiger charge is 2.21. The molecule has 2 heteroatoms. The first-order chi connectivity index (χ1) is 6.59. The molecule has 14 heavy (non-hydrogen) atoms. The Balaban J connectivity index is 2.35. The molecule has 2 nitrogen and oxygen atoms in total. The fourth-order valence-corrected chi connectivity index (χ4v) is 1.49. The van der Waals surface area contributed by atoms with Crippen LogP contribution >= 0.6 is 0 Å². The average Bonchev–Trinajstić information content (AvgIpc) is 2.15. The van der Waals surface area contributed by atoms with E-state index in [-0.39, 0.29) is 11.9 Å². The van der Waals surface area contributed by atoms with Gasteiger partial charge in [0.05, 0.1) is 5.92 Å². The topological polar surface area (TPSA) is 26.3 Å². The van der Waals surface area contributed by atoms with Crippen LogP contribution in [0.5, 0.6) is 0 Å². The monoisotopic (exact) mass is 194 g/mol. The van der Waals surface area contributed by atoms with E-state index in [0.29, 0.717) is 6.61 Å². The summed E-state index contributed by atoms with van der Waals surface area (Å²) < 4.78 is 5.11. The molecule has 1 rings (SSSR count). The molecular formula is C12H18O2. The number of allylic oxidation sites excluding steroid dienone is 2. The van der Waals surface area contributed by atoms with Gasteiger partial charge in [0.15, 0.2) is 0 Å². The Kier molecular flexibility index (Phi) is 3.93. The van der Waals surface area contributed by atoms with Crippen LogP contribution in [0.3, 0.4) is 0 Å². The fraction of sp³-hybridized carbons (Fsp3) is 0.583. The highest BCUT2D eigenvalue weighted by molar-refractivity contribution is 5.73. The molecule has 1 aliphatic carbocycles. The van der Waals surface area contributed by atoms with Gasteiger partial charge in [-0.05, 0) is 38.7 Å². The van der Waals surface area contributed by atoms with Gasteiger partial charge in [-0.3, -0.25) is 4.79 Å². The lowest BCUT2D eigenvalue weighted by Crippen LogP contribution is -2.20. The van der Waals surface area contributed by atoms with Crippen molar-refractivity contribution in [1.29, 1.82) is 0 Å². The second-order valence-corrected chi connectivity index (χ2v) is 4.09. The minimum atomic E-state index is -0.0725. The van der Waals surface area contributed by atoms with Crippen molar-refractivity contribution in [2.24, 2.45) is 5.92 Å². The van der Waals surface area contributed by atoms with E-state index >= 15 is 0 Å². The van der Waals surface area contributed by atoms with Crippen LogP contribution in [0.4, 0.5) is 0 Å². The normalized spacial score (nSPS) is 21.3. The fourth-order valence-electron chi connectivity index (χ4n) is 1.49. The van der Waals surface area contributed by atoms with Crippen molar-refractivity contribution < 1.29 is 9.53 Å². The zero-order valence-electron chi connectivity index (χ0n) is 9.01. The van der Waals surface area contributed by atoms with E-state index in [2.05, 4.69) is 19.6 Å². The van der Waals surface area contributed by atoms with E-state index in [0.717, 1.165) is 24.8 Å². The van der Waals surface area contributed by atoms with E-state index in [1.165, 1.54) is 5.57 Å². The maximum absolute atomic E-state index is 11.5. The summed E-state index contributed by atoms with van der Waals surface area (Å²) in [4.78, 5) is 11.5. The van der Waals surface area contributed by atoms with E-state index < -0.39 is 0 Å². The molecule has 0 aromatic carbocycles. The number of hydrogen-bond acceptors (Lipinski definition) is 2. The Bertz CT molecular complexity index is 263. The molecule has 1 atom stereocenters. The Labute approximate surface area is 85.6 Å². The first kappa shape index (κ1) is 11.0. The van der Waals surface area contributed by atoms with E-state index in [9.17, 15) is 4.79 Å². The molecule has 0 amide bonds. The molecule has 0 fully saturated rings. The Morgan fingerprint density at radius 1 is 1.71 bits per heavy atom. The summed E-state index contributed by atoms with van der Waals surface area (Å²) >= 11 is 0. The van der Waals surface area contributed by atoms with Gasteiger partial charge in [-0.1, -0.05) is 18.2 Å². The standard InChI is InChI=1S/C12H18O2/c1-9(2)8-14-12(13)11-6-4-10(3)5-7-11/h4,11H,1,5-8H2,2-3H3. The summed E-state index contributed by atoms with van der Waals surface area (Å²) in [6.07, 6.45) is 4.92. The lowest BCUT2D eigenvalue weighted by molar-refractivity contribution is -0.147. The first-order valence-electron chi connectivity index (χ1n) is 5.06. The van der Waals surface area contributed by atoms with Crippen molar-refractivity contribution in [3.63, 3.8) is 0 Å². The van der Waals surface area contributed by atoms with E-state index in [1.807, 2.05) is 6.92 Å². The van der Waals surface area contributed by atoms with Crippen LogP contribution in [0, 0.1) is 5.92 Å². The Hall–Kier alpha value is -1.05. The van der Waals surface area contributed by atoms with E-state index in [4.69, 9.17) is 4.74 Å². The minimum absolute atomic E-state index is 0.0676. The van der Waals surface area contributed by atoms with Gasteiger partial charge < -0.3 is 4.74 Å². The molecule has 0 saturated heterocycles. The van der Waals surface area contributed by atoms with Crippen LogP contribution in [0.1, 0.15) is 33.1 Å². The van der Waals surface area contributed by atoms with Gasteiger partial charge in [0.1, 0.15) is 6.61 Å². The van der Waals surface area contributed by atoms with Crippen LogP contribution in [0.25, 0.3) is 0 Å². The summed E-state index contributed by atoms with van der Waals surface area (Å²) in [6, 6.07) is 0. The van der Waals surface area contributed by atoms with Crippen molar-refractivity contribution in [2.45, 2.75) is 33.1 Å². The van der Waals surface area contributed by atoms with Crippen LogP contribution in [0.15, 0.2) is 23.8 Å². The van der Waals surface area contributed by atoms with Gasteiger partial charge in [0.25, 0.3) is 0 Å². The van der Waals surface area contributed by atoms with Gasteiger partial charge in [-0.25, -0.2) is 0 Å². The third-order valence-corrected chi connectivity index (χ3v) is 2.43. The quantitative estimate of drug-likeness (QED) is 0.510. The zero-order chi connectivity index (χ0) is 10.6. The van der Waals surface area contributed by atoms with Gasteiger partial charge in [-0.15, -0.1) is 0 Å². The van der Waals surface area contributed by atoms with Gasteiger partial charge in [0.2, 0.25) is 0 Å². The molecule has 0 aromatic rings. The van der Waals surface area contributed by atoms with E-state index in [1.54, 1.807) is 0 Å². The van der Waals surface area contributed by atoms with Crippen molar-refractivity contribution in [3.8, 4) is 0 Å². The lowest BCUT2D eigenvalue weighted by Gasteiger charge is -2.18. The first-order valence-corrected chi connectivity index (χ1v) is 5.06. The van der Waals surface area contributed by atoms with Crippen molar-refractivity contribution >= 4 is 5.97 Å². The van der Waals surface area contributed by atoms with Crippen molar-refractivity contribution in [2.75, 3.05) is 6.61 Å². The van der Waals surface area contributed by atoms with Crippen molar-refractivity contribution in [3.05, 3.63) is 23.8 Å². The zero-order valence-corrected chi connectivity index (χ0v) is 9.01. The molecule has 0 aromatic heterocycles. The summed E-state index contributed by atoms with van der Waals surface area (Å²) in [5, 5.41) is 0. The summed E-state index contributed by atoms with van der Waals surface area (Å²) in [6.45, 7) is 8.02. The van der Waals surface area contributed by atoms with Crippen LogP contribution in [-0.4, -0.2) is 12.6 Å². The third kappa shape index (κ3) is 3.36. The lowest BCUT2D eigenvalue weighted by atomic mass is 9.90. The highest BCUT2D eigenvalue weighted by Crippen LogP contribution is 2.24. The average molecular weight is 194 g/mol.